The average Bonchev–Trinajstić information content (AvgIpc) is 2.72. The molecule has 1 aliphatic heterocycles. The second-order valence-corrected chi connectivity index (χ2v) is 6.90. The molecular weight excluding hydrogens is 300 g/mol. The van der Waals surface area contributed by atoms with Crippen molar-refractivity contribution in [1.82, 2.24) is 0 Å². The summed E-state index contributed by atoms with van der Waals surface area (Å²) in [6, 6.07) is 13.5. The molecule has 0 bridgehead atoms. The van der Waals surface area contributed by atoms with Crippen molar-refractivity contribution in [3.05, 3.63) is 59.2 Å². The number of hydrogen-bond acceptors (Lipinski definition) is 2. The van der Waals surface area contributed by atoms with Crippen LogP contribution < -0.4 is 10.2 Å². The fourth-order valence-corrected chi connectivity index (χ4v) is 3.24. The Labute approximate surface area is 142 Å². The van der Waals surface area contributed by atoms with Crippen LogP contribution in [-0.4, -0.2) is 18.4 Å². The van der Waals surface area contributed by atoms with Crippen LogP contribution in [0.5, 0.6) is 0 Å². The number of fused-ring (bicyclic) bond motifs is 1. The van der Waals surface area contributed by atoms with Crippen molar-refractivity contribution in [1.29, 1.82) is 0 Å². The fraction of sp³-hybridized carbons (Fsp3) is 0.300. The van der Waals surface area contributed by atoms with Gasteiger partial charge in [-0.1, -0.05) is 35.9 Å². The molecule has 0 spiro atoms. The van der Waals surface area contributed by atoms with Gasteiger partial charge in [0.15, 0.2) is 0 Å². The molecule has 2 amide bonds. The first-order valence-corrected chi connectivity index (χ1v) is 8.09. The van der Waals surface area contributed by atoms with Crippen molar-refractivity contribution in [2.24, 2.45) is 0 Å². The number of nitrogens with zero attached hydrogens (tertiary/aromatic N) is 1. The highest BCUT2D eigenvalue weighted by Crippen LogP contribution is 2.41. The Balaban J connectivity index is 1.81. The van der Waals surface area contributed by atoms with Crippen LogP contribution in [-0.2, 0) is 15.0 Å². The van der Waals surface area contributed by atoms with E-state index in [1.807, 2.05) is 70.2 Å². The van der Waals surface area contributed by atoms with Crippen molar-refractivity contribution >= 4 is 23.2 Å². The second-order valence-electron chi connectivity index (χ2n) is 6.90. The first-order valence-electron chi connectivity index (χ1n) is 8.09. The Hall–Kier alpha value is -2.62. The van der Waals surface area contributed by atoms with E-state index in [0.717, 1.165) is 28.1 Å². The van der Waals surface area contributed by atoms with Crippen LogP contribution in [0.4, 0.5) is 11.4 Å². The molecular formula is C20H22N2O2. The minimum absolute atomic E-state index is 0.0204. The average molecular weight is 322 g/mol. The second kappa shape index (κ2) is 5.78. The summed E-state index contributed by atoms with van der Waals surface area (Å²) >= 11 is 0. The van der Waals surface area contributed by atoms with Crippen molar-refractivity contribution in [2.45, 2.75) is 33.1 Å². The summed E-state index contributed by atoms with van der Waals surface area (Å²) in [6.07, 6.45) is 0. The van der Waals surface area contributed by atoms with Crippen molar-refractivity contribution < 1.29 is 9.59 Å². The van der Waals surface area contributed by atoms with Gasteiger partial charge in [0.05, 0.1) is 5.41 Å². The minimum atomic E-state index is -0.601. The van der Waals surface area contributed by atoms with Crippen LogP contribution in [0.3, 0.4) is 0 Å². The zero-order valence-corrected chi connectivity index (χ0v) is 14.5. The lowest BCUT2D eigenvalue weighted by Gasteiger charge is -2.20. The normalized spacial score (nSPS) is 15.3. The molecule has 0 aliphatic carbocycles. The molecule has 0 radical (unpaired) electrons. The van der Waals surface area contributed by atoms with E-state index < -0.39 is 5.41 Å². The number of rotatable bonds is 3. The maximum atomic E-state index is 12.7. The van der Waals surface area contributed by atoms with Crippen molar-refractivity contribution in [3.63, 3.8) is 0 Å². The lowest BCUT2D eigenvalue weighted by atomic mass is 9.86. The van der Waals surface area contributed by atoms with E-state index in [4.69, 9.17) is 0 Å². The first-order chi connectivity index (χ1) is 11.3. The molecule has 0 atom stereocenters. The Morgan fingerprint density at radius 2 is 1.83 bits per heavy atom. The number of carbonyl (C=O) groups excluding carboxylic acids is 2. The molecule has 3 rings (SSSR count). The van der Waals surface area contributed by atoms with E-state index >= 15 is 0 Å². The number of anilines is 2. The van der Waals surface area contributed by atoms with Crippen LogP contribution in [0.1, 0.15) is 30.5 Å². The Kier molecular flexibility index (Phi) is 3.91. The minimum Gasteiger partial charge on any atom is -0.324 e. The Bertz CT molecular complexity index is 824. The van der Waals surface area contributed by atoms with Gasteiger partial charge in [-0.05, 0) is 51.0 Å². The molecule has 4 heteroatoms. The summed E-state index contributed by atoms with van der Waals surface area (Å²) in [4.78, 5) is 26.8. The molecule has 0 saturated carbocycles. The maximum Gasteiger partial charge on any atom is 0.244 e. The molecule has 4 nitrogen and oxygen atoms in total. The van der Waals surface area contributed by atoms with Gasteiger partial charge in [-0.15, -0.1) is 0 Å². The molecule has 2 aromatic rings. The lowest BCUT2D eigenvalue weighted by molar-refractivity contribution is -0.124. The van der Waals surface area contributed by atoms with Gasteiger partial charge in [-0.25, -0.2) is 0 Å². The highest BCUT2D eigenvalue weighted by Gasteiger charge is 2.44. The van der Waals surface area contributed by atoms with E-state index in [1.54, 1.807) is 4.90 Å². The molecule has 0 unspecified atom stereocenters. The topological polar surface area (TPSA) is 49.4 Å². The number of para-hydroxylation sites is 1. The van der Waals surface area contributed by atoms with Crippen LogP contribution in [0.2, 0.25) is 0 Å². The summed E-state index contributed by atoms with van der Waals surface area (Å²) < 4.78 is 0. The molecule has 1 N–H and O–H groups in total. The van der Waals surface area contributed by atoms with Crippen LogP contribution in [0, 0.1) is 13.8 Å². The van der Waals surface area contributed by atoms with E-state index in [-0.39, 0.29) is 18.4 Å². The number of amides is 2. The summed E-state index contributed by atoms with van der Waals surface area (Å²) in [6.45, 7) is 7.79. The fourth-order valence-electron chi connectivity index (χ4n) is 3.24. The summed E-state index contributed by atoms with van der Waals surface area (Å²) in [5.41, 5.74) is 4.13. The molecule has 0 fully saturated rings. The van der Waals surface area contributed by atoms with Crippen molar-refractivity contribution in [2.75, 3.05) is 16.8 Å². The molecule has 0 aromatic heterocycles. The number of aryl methyl sites for hydroxylation is 2. The van der Waals surface area contributed by atoms with Crippen LogP contribution in [0.25, 0.3) is 0 Å². The molecule has 2 aromatic carbocycles. The first kappa shape index (κ1) is 16.2. The monoisotopic (exact) mass is 322 g/mol. The van der Waals surface area contributed by atoms with Crippen molar-refractivity contribution in [3.8, 4) is 0 Å². The number of benzene rings is 2. The van der Waals surface area contributed by atoms with Gasteiger partial charge in [0, 0.05) is 11.4 Å². The third kappa shape index (κ3) is 2.68. The predicted molar refractivity (Wildman–Crippen MR) is 96.4 cm³/mol. The highest BCUT2D eigenvalue weighted by molar-refractivity contribution is 6.11. The maximum absolute atomic E-state index is 12.7. The Morgan fingerprint density at radius 1 is 1.12 bits per heavy atom. The molecule has 1 aliphatic rings. The standard InChI is InChI=1S/C20H22N2O2/c1-13-9-10-16(14(2)11-13)21-18(23)12-22-17-8-6-5-7-15(17)20(3,4)19(22)24/h5-11H,12H2,1-4H3,(H,21,23). The molecule has 0 saturated heterocycles. The van der Waals surface area contributed by atoms with E-state index in [0.29, 0.717) is 0 Å². The molecule has 1 heterocycles. The van der Waals surface area contributed by atoms with Gasteiger partial charge in [0.2, 0.25) is 11.8 Å². The van der Waals surface area contributed by atoms with Gasteiger partial charge >= 0.3 is 0 Å². The predicted octanol–water partition coefficient (Wildman–Crippen LogP) is 3.57. The number of carbonyl (C=O) groups is 2. The van der Waals surface area contributed by atoms with E-state index in [2.05, 4.69) is 5.32 Å². The Morgan fingerprint density at radius 3 is 2.54 bits per heavy atom. The third-order valence-electron chi connectivity index (χ3n) is 4.61. The lowest BCUT2D eigenvalue weighted by Crippen LogP contribution is -2.40. The van der Waals surface area contributed by atoms with Gasteiger partial charge in [0.1, 0.15) is 6.54 Å². The van der Waals surface area contributed by atoms with Gasteiger partial charge in [-0.3, -0.25) is 9.59 Å². The van der Waals surface area contributed by atoms with Gasteiger partial charge < -0.3 is 10.2 Å². The highest BCUT2D eigenvalue weighted by atomic mass is 16.2. The van der Waals surface area contributed by atoms with E-state index in [9.17, 15) is 9.59 Å². The quantitative estimate of drug-likeness (QED) is 0.939. The zero-order valence-electron chi connectivity index (χ0n) is 14.5. The smallest absolute Gasteiger partial charge is 0.244 e. The SMILES string of the molecule is Cc1ccc(NC(=O)CN2C(=O)C(C)(C)c3ccccc32)c(C)c1. The largest absolute Gasteiger partial charge is 0.324 e. The van der Waals surface area contributed by atoms with Gasteiger partial charge in [0.25, 0.3) is 0 Å². The molecule has 24 heavy (non-hydrogen) atoms. The van der Waals surface area contributed by atoms with Crippen LogP contribution >= 0.6 is 0 Å². The summed E-state index contributed by atoms with van der Waals surface area (Å²) in [5, 5.41) is 2.91. The summed E-state index contributed by atoms with van der Waals surface area (Å²) in [7, 11) is 0. The van der Waals surface area contributed by atoms with Crippen LogP contribution in [0.15, 0.2) is 42.5 Å². The molecule has 124 valence electrons. The zero-order chi connectivity index (χ0) is 17.5. The van der Waals surface area contributed by atoms with Gasteiger partial charge in [-0.2, -0.15) is 0 Å². The third-order valence-corrected chi connectivity index (χ3v) is 4.61. The number of hydrogen-bond donors (Lipinski definition) is 1. The summed E-state index contributed by atoms with van der Waals surface area (Å²) in [5.74, 6) is -0.234. The van der Waals surface area contributed by atoms with E-state index in [1.165, 1.54) is 0 Å². The number of nitrogens with one attached hydrogen (secondary N) is 1.